The molecule has 2 unspecified atom stereocenters. The molecular weight excluding hydrogens is 343 g/mol. The number of amides is 1. The smallest absolute Gasteiger partial charge is 0.230 e. The summed E-state index contributed by atoms with van der Waals surface area (Å²) < 4.78 is 0. The van der Waals surface area contributed by atoms with Crippen molar-refractivity contribution < 1.29 is 4.79 Å². The number of nitrogens with one attached hydrogen (secondary N) is 1. The van der Waals surface area contributed by atoms with Crippen molar-refractivity contribution >= 4 is 47.2 Å². The Morgan fingerprint density at radius 3 is 2.59 bits per heavy atom. The minimum atomic E-state index is -0.204. The Morgan fingerprint density at radius 1 is 1.36 bits per heavy atom. The first-order chi connectivity index (χ1) is 9.56. The fraction of sp³-hybridized carbons (Fsp3) is 0.714. The van der Waals surface area contributed by atoms with Gasteiger partial charge in [0.1, 0.15) is 0 Å². The highest BCUT2D eigenvalue weighted by molar-refractivity contribution is 7.13. The summed E-state index contributed by atoms with van der Waals surface area (Å²) in [5.74, 6) is -0.261. The number of carbonyl (C=O) groups excluding carboxylic acids is 1. The zero-order valence-electron chi connectivity index (χ0n) is 13.1. The summed E-state index contributed by atoms with van der Waals surface area (Å²) in [5.41, 5.74) is 6.78. The Hall–Kier alpha value is -0.400. The lowest BCUT2D eigenvalue weighted by Gasteiger charge is -2.25. The molecule has 1 aromatic heterocycles. The number of hydrogen-bond donors (Lipinski definition) is 2. The van der Waals surface area contributed by atoms with Crippen molar-refractivity contribution in [3.05, 3.63) is 11.1 Å². The van der Waals surface area contributed by atoms with Crippen LogP contribution in [0.15, 0.2) is 5.38 Å². The van der Waals surface area contributed by atoms with Crippen LogP contribution in [0.3, 0.4) is 0 Å². The average molecular weight is 369 g/mol. The maximum absolute atomic E-state index is 11.9. The molecular formula is C14H26Cl2N4OS. The van der Waals surface area contributed by atoms with Gasteiger partial charge in [-0.1, -0.05) is 13.3 Å². The van der Waals surface area contributed by atoms with Gasteiger partial charge in [0, 0.05) is 18.0 Å². The molecule has 0 saturated carbocycles. The lowest BCUT2D eigenvalue weighted by Crippen LogP contribution is -2.34. The van der Waals surface area contributed by atoms with Crippen molar-refractivity contribution in [2.45, 2.75) is 45.7 Å². The quantitative estimate of drug-likeness (QED) is 0.837. The van der Waals surface area contributed by atoms with Crippen molar-refractivity contribution in [2.24, 2.45) is 11.7 Å². The van der Waals surface area contributed by atoms with Crippen LogP contribution in [0.25, 0.3) is 0 Å². The van der Waals surface area contributed by atoms with Crippen molar-refractivity contribution in [1.82, 2.24) is 9.88 Å². The molecule has 0 aromatic carbocycles. The van der Waals surface area contributed by atoms with Crippen LogP contribution in [0.2, 0.25) is 0 Å². The van der Waals surface area contributed by atoms with Gasteiger partial charge in [-0.3, -0.25) is 9.69 Å². The van der Waals surface area contributed by atoms with Gasteiger partial charge >= 0.3 is 0 Å². The number of halogens is 2. The van der Waals surface area contributed by atoms with E-state index in [4.69, 9.17) is 5.73 Å². The maximum Gasteiger partial charge on any atom is 0.230 e. The number of carbonyl (C=O) groups is 1. The lowest BCUT2D eigenvalue weighted by molar-refractivity contribution is -0.119. The van der Waals surface area contributed by atoms with E-state index in [1.54, 1.807) is 0 Å². The van der Waals surface area contributed by atoms with Gasteiger partial charge in [-0.25, -0.2) is 4.98 Å². The van der Waals surface area contributed by atoms with Crippen LogP contribution >= 0.6 is 36.2 Å². The van der Waals surface area contributed by atoms with Gasteiger partial charge in [-0.05, 0) is 32.9 Å². The highest BCUT2D eigenvalue weighted by Gasteiger charge is 2.18. The zero-order chi connectivity index (χ0) is 14.5. The van der Waals surface area contributed by atoms with Crippen molar-refractivity contribution in [2.75, 3.05) is 18.4 Å². The Bertz CT molecular complexity index is 450. The second kappa shape index (κ2) is 10.4. The molecule has 2 rings (SSSR count). The third-order valence-corrected chi connectivity index (χ3v) is 4.62. The predicted molar refractivity (Wildman–Crippen MR) is 97.2 cm³/mol. The van der Waals surface area contributed by atoms with Crippen molar-refractivity contribution in [1.29, 1.82) is 0 Å². The summed E-state index contributed by atoms with van der Waals surface area (Å²) in [7, 11) is 0. The minimum Gasteiger partial charge on any atom is -0.327 e. The van der Waals surface area contributed by atoms with E-state index < -0.39 is 0 Å². The van der Waals surface area contributed by atoms with E-state index >= 15 is 0 Å². The number of likely N-dealkylation sites (tertiary alicyclic amines) is 1. The van der Waals surface area contributed by atoms with Crippen LogP contribution in [-0.4, -0.2) is 34.9 Å². The molecule has 1 aromatic rings. The monoisotopic (exact) mass is 368 g/mol. The molecule has 1 aliphatic rings. The molecule has 1 amide bonds. The van der Waals surface area contributed by atoms with E-state index in [1.165, 1.54) is 30.6 Å². The summed E-state index contributed by atoms with van der Waals surface area (Å²) >= 11 is 1.49. The van der Waals surface area contributed by atoms with E-state index in [1.807, 2.05) is 19.2 Å². The number of nitrogens with two attached hydrogens (primary N) is 1. The topological polar surface area (TPSA) is 71.2 Å². The molecule has 1 saturated heterocycles. The fourth-order valence-electron chi connectivity index (χ4n) is 2.24. The van der Waals surface area contributed by atoms with Crippen LogP contribution in [-0.2, 0) is 11.3 Å². The summed E-state index contributed by atoms with van der Waals surface area (Å²) in [6.45, 7) is 6.87. The number of thiazole rings is 1. The Kier molecular flexibility index (Phi) is 10.2. The van der Waals surface area contributed by atoms with Gasteiger partial charge in [0.15, 0.2) is 5.13 Å². The standard InChI is InChI=1S/C14H24N4OS.2ClH/c1-10(11(2)15)13(19)17-14-16-12(9-20-14)8-18-6-4-3-5-7-18;;/h9-11H,3-8,15H2,1-2H3,(H,16,17,19);2*1H. The van der Waals surface area contributed by atoms with E-state index in [0.29, 0.717) is 5.13 Å². The van der Waals surface area contributed by atoms with Gasteiger partial charge < -0.3 is 11.1 Å². The Labute approximate surface area is 148 Å². The predicted octanol–water partition coefficient (Wildman–Crippen LogP) is 2.89. The largest absolute Gasteiger partial charge is 0.327 e. The number of anilines is 1. The van der Waals surface area contributed by atoms with Crippen molar-refractivity contribution in [3.63, 3.8) is 0 Å². The van der Waals surface area contributed by atoms with Gasteiger partial charge in [0.2, 0.25) is 5.91 Å². The van der Waals surface area contributed by atoms with E-state index in [2.05, 4.69) is 15.2 Å². The van der Waals surface area contributed by atoms with Crippen LogP contribution in [0, 0.1) is 5.92 Å². The highest BCUT2D eigenvalue weighted by atomic mass is 35.5. The zero-order valence-corrected chi connectivity index (χ0v) is 15.5. The summed E-state index contributed by atoms with van der Waals surface area (Å²) in [6, 6.07) is -0.150. The third kappa shape index (κ3) is 6.38. The van der Waals surface area contributed by atoms with Crippen LogP contribution in [0.4, 0.5) is 5.13 Å². The van der Waals surface area contributed by atoms with E-state index in [9.17, 15) is 4.79 Å². The van der Waals surface area contributed by atoms with E-state index in [-0.39, 0.29) is 42.7 Å². The normalized spacial score (nSPS) is 17.8. The Balaban J connectivity index is 0.00000220. The van der Waals surface area contributed by atoms with E-state index in [0.717, 1.165) is 25.3 Å². The molecule has 0 spiro atoms. The number of aromatic nitrogens is 1. The molecule has 0 radical (unpaired) electrons. The maximum atomic E-state index is 11.9. The molecule has 8 heteroatoms. The van der Waals surface area contributed by atoms with Gasteiger partial charge in [-0.2, -0.15) is 0 Å². The SMILES string of the molecule is CC(N)C(C)C(=O)Nc1nc(CN2CCCCC2)cs1.Cl.Cl. The molecule has 2 heterocycles. The molecule has 0 aliphatic carbocycles. The van der Waals surface area contributed by atoms with Crippen LogP contribution in [0.1, 0.15) is 38.8 Å². The highest BCUT2D eigenvalue weighted by Crippen LogP contribution is 2.19. The second-order valence-corrected chi connectivity index (χ2v) is 6.48. The van der Waals surface area contributed by atoms with Gasteiger partial charge in [0.05, 0.1) is 11.6 Å². The Morgan fingerprint density at radius 2 is 2.00 bits per heavy atom. The molecule has 1 fully saturated rings. The number of nitrogens with zero attached hydrogens (tertiary/aromatic N) is 2. The lowest BCUT2D eigenvalue weighted by atomic mass is 10.0. The first-order valence-electron chi connectivity index (χ1n) is 7.29. The molecule has 3 N–H and O–H groups in total. The molecule has 128 valence electrons. The van der Waals surface area contributed by atoms with Crippen LogP contribution in [0.5, 0.6) is 0 Å². The number of piperidine rings is 1. The summed E-state index contributed by atoms with van der Waals surface area (Å²) in [4.78, 5) is 18.8. The first-order valence-corrected chi connectivity index (χ1v) is 8.17. The molecule has 2 atom stereocenters. The molecule has 0 bridgehead atoms. The average Bonchev–Trinajstić information content (AvgIpc) is 2.86. The number of hydrogen-bond acceptors (Lipinski definition) is 5. The van der Waals surface area contributed by atoms with Gasteiger partial charge in [-0.15, -0.1) is 36.2 Å². The van der Waals surface area contributed by atoms with Crippen molar-refractivity contribution in [3.8, 4) is 0 Å². The third-order valence-electron chi connectivity index (χ3n) is 3.82. The fourth-order valence-corrected chi connectivity index (χ4v) is 2.95. The first kappa shape index (κ1) is 21.6. The molecule has 1 aliphatic heterocycles. The number of rotatable bonds is 5. The van der Waals surface area contributed by atoms with Gasteiger partial charge in [0.25, 0.3) is 0 Å². The second-order valence-electron chi connectivity index (χ2n) is 5.62. The minimum absolute atomic E-state index is 0. The summed E-state index contributed by atoms with van der Waals surface area (Å²) in [6.07, 6.45) is 3.89. The molecule has 22 heavy (non-hydrogen) atoms. The summed E-state index contributed by atoms with van der Waals surface area (Å²) in [5, 5.41) is 5.55. The van der Waals surface area contributed by atoms with Crippen LogP contribution < -0.4 is 11.1 Å². The molecule has 5 nitrogen and oxygen atoms in total.